The maximum atomic E-state index is 8.93. The van der Waals surface area contributed by atoms with Crippen LogP contribution in [0.3, 0.4) is 0 Å². The van der Waals surface area contributed by atoms with E-state index in [1.54, 1.807) is 0 Å². The van der Waals surface area contributed by atoms with Crippen molar-refractivity contribution in [3.05, 3.63) is 17.0 Å². The van der Waals surface area contributed by atoms with Crippen LogP contribution >= 0.6 is 11.6 Å². The number of nitrogens with one attached hydrogen (secondary N) is 1. The predicted molar refractivity (Wildman–Crippen MR) is 72.1 cm³/mol. The monoisotopic (exact) mass is 281 g/mol. The highest BCUT2D eigenvalue weighted by atomic mass is 35.5. The van der Waals surface area contributed by atoms with Crippen molar-refractivity contribution in [1.29, 1.82) is 5.26 Å². The van der Waals surface area contributed by atoms with Gasteiger partial charge in [0, 0.05) is 19.6 Å². The highest BCUT2D eigenvalue weighted by molar-refractivity contribution is 6.28. The zero-order chi connectivity index (χ0) is 13.5. The van der Waals surface area contributed by atoms with Crippen LogP contribution in [0.25, 0.3) is 0 Å². The third-order valence-corrected chi connectivity index (χ3v) is 3.11. The molecule has 2 rings (SSSR count). The zero-order valence-electron chi connectivity index (χ0n) is 10.6. The molecule has 1 aromatic rings. The van der Waals surface area contributed by atoms with Crippen molar-refractivity contribution in [3.8, 4) is 6.07 Å². The second kappa shape index (κ2) is 7.24. The van der Waals surface area contributed by atoms with Gasteiger partial charge >= 0.3 is 0 Å². The fourth-order valence-electron chi connectivity index (χ4n) is 1.91. The van der Waals surface area contributed by atoms with Crippen LogP contribution < -0.4 is 5.32 Å². The Bertz CT molecular complexity index is 456. The fraction of sp³-hybridized carbons (Fsp3) is 0.583. The van der Waals surface area contributed by atoms with Crippen molar-refractivity contribution in [3.63, 3.8) is 0 Å². The summed E-state index contributed by atoms with van der Waals surface area (Å²) in [7, 11) is 0. The molecule has 0 aliphatic carbocycles. The second-order valence-corrected chi connectivity index (χ2v) is 4.59. The minimum atomic E-state index is 0.148. The molecular weight excluding hydrogens is 266 g/mol. The molecular formula is C12H16ClN5O. The molecule has 0 amide bonds. The van der Waals surface area contributed by atoms with Crippen LogP contribution in [0.5, 0.6) is 0 Å². The van der Waals surface area contributed by atoms with E-state index >= 15 is 0 Å². The summed E-state index contributed by atoms with van der Waals surface area (Å²) >= 11 is 5.71. The summed E-state index contributed by atoms with van der Waals surface area (Å²) in [5, 5.41) is 12.2. The Balaban J connectivity index is 1.76. The standard InChI is InChI=1S/C12H16ClN5O/c13-12-16-9-10(8-14)11(17-12)15-2-1-3-18-4-6-19-7-5-18/h9H,1-7H2,(H,15,16,17). The van der Waals surface area contributed by atoms with Gasteiger partial charge in [-0.3, -0.25) is 4.90 Å². The van der Waals surface area contributed by atoms with E-state index in [-0.39, 0.29) is 5.28 Å². The lowest BCUT2D eigenvalue weighted by molar-refractivity contribution is 0.0378. The lowest BCUT2D eigenvalue weighted by atomic mass is 10.3. The lowest BCUT2D eigenvalue weighted by Gasteiger charge is -2.26. The van der Waals surface area contributed by atoms with Gasteiger partial charge in [-0.15, -0.1) is 0 Å². The minimum Gasteiger partial charge on any atom is -0.379 e. The van der Waals surface area contributed by atoms with E-state index in [4.69, 9.17) is 21.6 Å². The Hall–Kier alpha value is -1.42. The summed E-state index contributed by atoms with van der Waals surface area (Å²) in [6.45, 7) is 5.36. The van der Waals surface area contributed by atoms with Crippen LogP contribution in [0, 0.1) is 11.3 Å². The molecule has 0 atom stereocenters. The van der Waals surface area contributed by atoms with E-state index in [9.17, 15) is 0 Å². The highest BCUT2D eigenvalue weighted by Gasteiger charge is 2.10. The fourth-order valence-corrected chi connectivity index (χ4v) is 2.04. The van der Waals surface area contributed by atoms with Gasteiger partial charge in [0.25, 0.3) is 0 Å². The predicted octanol–water partition coefficient (Wildman–Crippen LogP) is 1.14. The average molecular weight is 282 g/mol. The molecule has 7 heteroatoms. The van der Waals surface area contributed by atoms with Crippen molar-refractivity contribution in [2.24, 2.45) is 0 Å². The number of anilines is 1. The van der Waals surface area contributed by atoms with E-state index in [2.05, 4.69) is 20.2 Å². The second-order valence-electron chi connectivity index (χ2n) is 4.25. The van der Waals surface area contributed by atoms with Gasteiger partial charge in [-0.05, 0) is 24.6 Å². The van der Waals surface area contributed by atoms with E-state index in [0.717, 1.165) is 45.8 Å². The van der Waals surface area contributed by atoms with Crippen LogP contribution in [0.4, 0.5) is 5.82 Å². The highest BCUT2D eigenvalue weighted by Crippen LogP contribution is 2.12. The number of hydrogen-bond acceptors (Lipinski definition) is 6. The molecule has 1 aromatic heterocycles. The number of morpholine rings is 1. The lowest BCUT2D eigenvalue weighted by Crippen LogP contribution is -2.37. The van der Waals surface area contributed by atoms with Gasteiger partial charge < -0.3 is 10.1 Å². The Morgan fingerprint density at radius 1 is 1.47 bits per heavy atom. The largest absolute Gasteiger partial charge is 0.379 e. The molecule has 1 saturated heterocycles. The number of aromatic nitrogens is 2. The molecule has 0 aromatic carbocycles. The van der Waals surface area contributed by atoms with Crippen LogP contribution in [-0.2, 0) is 4.74 Å². The van der Waals surface area contributed by atoms with Crippen molar-refractivity contribution >= 4 is 17.4 Å². The normalized spacial score (nSPS) is 16.0. The van der Waals surface area contributed by atoms with Gasteiger partial charge in [-0.2, -0.15) is 10.2 Å². The number of halogens is 1. The van der Waals surface area contributed by atoms with Gasteiger partial charge in [0.2, 0.25) is 5.28 Å². The molecule has 1 N–H and O–H groups in total. The summed E-state index contributed by atoms with van der Waals surface area (Å²) in [6, 6.07) is 2.04. The molecule has 6 nitrogen and oxygen atoms in total. The van der Waals surface area contributed by atoms with Gasteiger partial charge in [0.05, 0.1) is 19.4 Å². The molecule has 0 bridgehead atoms. The van der Waals surface area contributed by atoms with E-state index in [1.807, 2.05) is 6.07 Å². The van der Waals surface area contributed by atoms with Gasteiger partial charge in [0.1, 0.15) is 17.5 Å². The topological polar surface area (TPSA) is 74.1 Å². The van der Waals surface area contributed by atoms with Gasteiger partial charge in [-0.1, -0.05) is 0 Å². The average Bonchev–Trinajstić information content (AvgIpc) is 2.45. The first kappa shape index (κ1) is 14.0. The molecule has 2 heterocycles. The summed E-state index contributed by atoms with van der Waals surface area (Å²) in [6.07, 6.45) is 2.41. The Labute approximate surface area is 117 Å². The first-order chi connectivity index (χ1) is 9.29. The van der Waals surface area contributed by atoms with Gasteiger partial charge in [-0.25, -0.2) is 4.98 Å². The quantitative estimate of drug-likeness (QED) is 0.644. The molecule has 0 unspecified atom stereocenters. The number of rotatable bonds is 5. The van der Waals surface area contributed by atoms with Crippen molar-refractivity contribution in [2.45, 2.75) is 6.42 Å². The maximum Gasteiger partial charge on any atom is 0.224 e. The van der Waals surface area contributed by atoms with Crippen molar-refractivity contribution in [1.82, 2.24) is 14.9 Å². The van der Waals surface area contributed by atoms with Crippen LogP contribution in [0.15, 0.2) is 6.20 Å². The molecule has 1 aliphatic heterocycles. The molecule has 19 heavy (non-hydrogen) atoms. The molecule has 0 saturated carbocycles. The third kappa shape index (κ3) is 4.31. The van der Waals surface area contributed by atoms with Crippen LogP contribution in [0.2, 0.25) is 5.28 Å². The number of nitriles is 1. The SMILES string of the molecule is N#Cc1cnc(Cl)nc1NCCCN1CCOCC1. The number of ether oxygens (including phenoxy) is 1. The van der Waals surface area contributed by atoms with E-state index < -0.39 is 0 Å². The Morgan fingerprint density at radius 3 is 3.00 bits per heavy atom. The van der Waals surface area contributed by atoms with E-state index in [0.29, 0.717) is 11.4 Å². The van der Waals surface area contributed by atoms with E-state index in [1.165, 1.54) is 6.20 Å². The number of nitrogens with zero attached hydrogens (tertiary/aromatic N) is 4. The van der Waals surface area contributed by atoms with Crippen LogP contribution in [-0.4, -0.2) is 54.3 Å². The van der Waals surface area contributed by atoms with Crippen LogP contribution in [0.1, 0.15) is 12.0 Å². The molecule has 102 valence electrons. The first-order valence-corrected chi connectivity index (χ1v) is 6.64. The summed E-state index contributed by atoms with van der Waals surface area (Å²) < 4.78 is 5.29. The smallest absolute Gasteiger partial charge is 0.224 e. The summed E-state index contributed by atoms with van der Waals surface area (Å²) in [4.78, 5) is 10.2. The Kier molecular flexibility index (Phi) is 5.33. The molecule has 1 aliphatic rings. The number of hydrogen-bond donors (Lipinski definition) is 1. The summed E-state index contributed by atoms with van der Waals surface area (Å²) in [5.41, 5.74) is 0.413. The first-order valence-electron chi connectivity index (χ1n) is 6.26. The van der Waals surface area contributed by atoms with Gasteiger partial charge in [0.15, 0.2) is 0 Å². The van der Waals surface area contributed by atoms with Crippen molar-refractivity contribution in [2.75, 3.05) is 44.7 Å². The summed E-state index contributed by atoms with van der Waals surface area (Å²) in [5.74, 6) is 0.504. The Morgan fingerprint density at radius 2 is 2.26 bits per heavy atom. The zero-order valence-corrected chi connectivity index (χ0v) is 11.4. The maximum absolute atomic E-state index is 8.93. The van der Waals surface area contributed by atoms with Crippen molar-refractivity contribution < 1.29 is 4.74 Å². The minimum absolute atomic E-state index is 0.148. The molecule has 1 fully saturated rings. The molecule has 0 radical (unpaired) electrons. The third-order valence-electron chi connectivity index (χ3n) is 2.93. The molecule has 0 spiro atoms.